The van der Waals surface area contributed by atoms with Crippen LogP contribution in [0.25, 0.3) is 0 Å². The molecule has 1 aromatic carbocycles. The van der Waals surface area contributed by atoms with Crippen LogP contribution < -0.4 is 10.2 Å². The second-order valence-electron chi connectivity index (χ2n) is 7.03. The van der Waals surface area contributed by atoms with Crippen molar-refractivity contribution in [1.82, 2.24) is 4.98 Å². The van der Waals surface area contributed by atoms with Gasteiger partial charge in [-0.3, -0.25) is 0 Å². The quantitative estimate of drug-likeness (QED) is 0.879. The van der Waals surface area contributed by atoms with Crippen molar-refractivity contribution < 1.29 is 12.8 Å². The van der Waals surface area contributed by atoms with Crippen molar-refractivity contribution in [2.24, 2.45) is 0 Å². The van der Waals surface area contributed by atoms with Gasteiger partial charge in [0.25, 0.3) is 0 Å². The number of sulfone groups is 1. The highest BCUT2D eigenvalue weighted by Crippen LogP contribution is 2.24. The smallest absolute Gasteiger partial charge is 0.200 e. The number of hydrogen-bond acceptors (Lipinski definition) is 5. The van der Waals surface area contributed by atoms with Gasteiger partial charge in [0.2, 0.25) is 0 Å². The van der Waals surface area contributed by atoms with Crippen molar-refractivity contribution in [1.29, 1.82) is 0 Å². The molecule has 5 nitrogen and oxygen atoms in total. The van der Waals surface area contributed by atoms with Crippen LogP contribution in [0.3, 0.4) is 0 Å². The zero-order valence-corrected chi connectivity index (χ0v) is 16.0. The minimum Gasteiger partial charge on any atom is -0.380 e. The normalized spacial score (nSPS) is 12.1. The maximum Gasteiger partial charge on any atom is 0.200 e. The van der Waals surface area contributed by atoms with Gasteiger partial charge < -0.3 is 10.2 Å². The van der Waals surface area contributed by atoms with Crippen LogP contribution in [0.5, 0.6) is 0 Å². The van der Waals surface area contributed by atoms with Crippen molar-refractivity contribution in [2.45, 2.75) is 37.1 Å². The average molecular weight is 365 g/mol. The molecule has 1 N–H and O–H groups in total. The van der Waals surface area contributed by atoms with Crippen LogP contribution in [-0.4, -0.2) is 32.2 Å². The highest BCUT2D eigenvalue weighted by molar-refractivity contribution is 7.92. The van der Waals surface area contributed by atoms with Gasteiger partial charge in [-0.15, -0.1) is 0 Å². The van der Waals surface area contributed by atoms with Crippen LogP contribution in [0.2, 0.25) is 0 Å². The van der Waals surface area contributed by atoms with Gasteiger partial charge in [0.1, 0.15) is 5.82 Å². The van der Waals surface area contributed by atoms with E-state index in [9.17, 15) is 12.8 Å². The molecule has 1 heterocycles. The van der Waals surface area contributed by atoms with E-state index in [4.69, 9.17) is 0 Å². The molecular weight excluding hydrogens is 341 g/mol. The number of aromatic nitrogens is 1. The van der Waals surface area contributed by atoms with Gasteiger partial charge in [0.15, 0.2) is 14.9 Å². The maximum atomic E-state index is 14.0. The van der Waals surface area contributed by atoms with Gasteiger partial charge in [-0.2, -0.15) is 0 Å². The Morgan fingerprint density at radius 1 is 1.16 bits per heavy atom. The summed E-state index contributed by atoms with van der Waals surface area (Å²) in [6, 6.07) is 8.20. The fourth-order valence-corrected chi connectivity index (χ4v) is 3.25. The molecule has 0 unspecified atom stereocenters. The lowest BCUT2D eigenvalue weighted by Gasteiger charge is -2.18. The van der Waals surface area contributed by atoms with E-state index >= 15 is 0 Å². The Morgan fingerprint density at radius 2 is 1.84 bits per heavy atom. The summed E-state index contributed by atoms with van der Waals surface area (Å²) < 4.78 is 37.8. The first-order valence-electron chi connectivity index (χ1n) is 7.92. The van der Waals surface area contributed by atoms with E-state index < -0.39 is 14.6 Å². The SMILES string of the molecule is CN(C)c1ccc(CNc2ccc(S(=O)(=O)C(C)(C)C)nc2)cc1F. The first kappa shape index (κ1) is 19.2. The average Bonchev–Trinajstić information content (AvgIpc) is 2.52. The predicted molar refractivity (Wildman–Crippen MR) is 99.2 cm³/mol. The number of nitrogens with zero attached hydrogens (tertiary/aromatic N) is 2. The molecular formula is C18H24FN3O2S. The summed E-state index contributed by atoms with van der Waals surface area (Å²) in [5, 5.41) is 3.16. The monoisotopic (exact) mass is 365 g/mol. The first-order chi connectivity index (χ1) is 11.5. The second kappa shape index (κ2) is 7.00. The number of rotatable bonds is 5. The van der Waals surface area contributed by atoms with E-state index in [2.05, 4.69) is 10.3 Å². The lowest BCUT2D eigenvalue weighted by Crippen LogP contribution is -2.28. The van der Waals surface area contributed by atoms with Gasteiger partial charge in [-0.25, -0.2) is 17.8 Å². The van der Waals surface area contributed by atoms with Crippen LogP contribution in [-0.2, 0) is 16.4 Å². The Labute approximate surface area is 148 Å². The molecule has 0 fully saturated rings. The molecule has 0 amide bonds. The highest BCUT2D eigenvalue weighted by atomic mass is 32.2. The number of benzene rings is 1. The molecule has 2 rings (SSSR count). The summed E-state index contributed by atoms with van der Waals surface area (Å²) in [7, 11) is 0.102. The second-order valence-corrected chi connectivity index (χ2v) is 9.68. The molecule has 1 aromatic heterocycles. The number of pyridine rings is 1. The van der Waals surface area contributed by atoms with E-state index in [0.29, 0.717) is 17.9 Å². The molecule has 0 spiro atoms. The molecule has 0 saturated heterocycles. The van der Waals surface area contributed by atoms with E-state index in [-0.39, 0.29) is 10.8 Å². The molecule has 0 atom stereocenters. The Kier molecular flexibility index (Phi) is 5.37. The zero-order valence-electron chi connectivity index (χ0n) is 15.2. The fourth-order valence-electron chi connectivity index (χ4n) is 2.18. The largest absolute Gasteiger partial charge is 0.380 e. The van der Waals surface area contributed by atoms with Crippen molar-refractivity contribution in [3.8, 4) is 0 Å². The van der Waals surface area contributed by atoms with Gasteiger partial charge >= 0.3 is 0 Å². The topological polar surface area (TPSA) is 62.3 Å². The summed E-state index contributed by atoms with van der Waals surface area (Å²) in [6.07, 6.45) is 1.48. The molecule has 25 heavy (non-hydrogen) atoms. The standard InChI is InChI=1S/C18H24FN3O2S/c1-18(2,3)25(23,24)17-9-7-14(12-21-17)20-11-13-6-8-16(22(4)5)15(19)10-13/h6-10,12,20H,11H2,1-5H3. The lowest BCUT2D eigenvalue weighted by atomic mass is 10.2. The van der Waals surface area contributed by atoms with Crippen molar-refractivity contribution in [3.05, 3.63) is 47.9 Å². The predicted octanol–water partition coefficient (Wildman–Crippen LogP) is 3.47. The maximum absolute atomic E-state index is 14.0. The van der Waals surface area contributed by atoms with Crippen LogP contribution >= 0.6 is 0 Å². The Balaban J connectivity index is 2.09. The zero-order chi connectivity index (χ0) is 18.8. The summed E-state index contributed by atoms with van der Waals surface area (Å²) in [5.41, 5.74) is 1.99. The number of nitrogens with one attached hydrogen (secondary N) is 1. The van der Waals surface area contributed by atoms with E-state index in [1.165, 1.54) is 18.3 Å². The minimum atomic E-state index is -3.47. The Morgan fingerprint density at radius 3 is 2.32 bits per heavy atom. The van der Waals surface area contributed by atoms with Crippen LogP contribution in [0, 0.1) is 5.82 Å². The molecule has 136 valence electrons. The Hall–Kier alpha value is -2.15. The molecule has 0 aliphatic rings. The van der Waals surface area contributed by atoms with Crippen LogP contribution in [0.15, 0.2) is 41.6 Å². The number of hydrogen-bond donors (Lipinski definition) is 1. The first-order valence-corrected chi connectivity index (χ1v) is 9.41. The summed E-state index contributed by atoms with van der Waals surface area (Å²) in [5.74, 6) is -0.283. The fraction of sp³-hybridized carbons (Fsp3) is 0.389. The van der Waals surface area contributed by atoms with Crippen LogP contribution in [0.1, 0.15) is 26.3 Å². The van der Waals surface area contributed by atoms with Crippen molar-refractivity contribution in [3.63, 3.8) is 0 Å². The van der Waals surface area contributed by atoms with E-state index in [1.807, 2.05) is 6.07 Å². The summed E-state index contributed by atoms with van der Waals surface area (Å²) in [4.78, 5) is 5.77. The molecule has 0 radical (unpaired) electrons. The van der Waals surface area contributed by atoms with Gasteiger partial charge in [-0.05, 0) is 50.6 Å². The van der Waals surface area contributed by atoms with Gasteiger partial charge in [0, 0.05) is 20.6 Å². The third kappa shape index (κ3) is 4.28. The minimum absolute atomic E-state index is 0.0481. The highest BCUT2D eigenvalue weighted by Gasteiger charge is 2.31. The van der Waals surface area contributed by atoms with Gasteiger partial charge in [0.05, 0.1) is 22.3 Å². The molecule has 0 aliphatic carbocycles. The third-order valence-electron chi connectivity index (χ3n) is 3.81. The number of anilines is 2. The van der Waals surface area contributed by atoms with Crippen molar-refractivity contribution >= 4 is 21.2 Å². The molecule has 2 aromatic rings. The lowest BCUT2D eigenvalue weighted by molar-refractivity contribution is 0.556. The molecule has 0 aliphatic heterocycles. The van der Waals surface area contributed by atoms with Crippen LogP contribution in [0.4, 0.5) is 15.8 Å². The number of halogens is 1. The summed E-state index contributed by atoms with van der Waals surface area (Å²) >= 11 is 0. The van der Waals surface area contributed by atoms with Crippen molar-refractivity contribution in [2.75, 3.05) is 24.3 Å². The molecule has 0 bridgehead atoms. The third-order valence-corrected chi connectivity index (χ3v) is 6.21. The van der Waals surface area contributed by atoms with Gasteiger partial charge in [-0.1, -0.05) is 6.07 Å². The van der Waals surface area contributed by atoms with E-state index in [1.54, 1.807) is 51.9 Å². The van der Waals surface area contributed by atoms with E-state index in [0.717, 1.165) is 5.56 Å². The summed E-state index contributed by atoms with van der Waals surface area (Å²) in [6.45, 7) is 5.34. The Bertz CT molecular complexity index is 842. The molecule has 0 saturated carbocycles. The molecule has 7 heteroatoms.